The van der Waals surface area contributed by atoms with E-state index in [0.29, 0.717) is 0 Å². The third-order valence-electron chi connectivity index (χ3n) is 3.21. The molecule has 1 atom stereocenters. The van der Waals surface area contributed by atoms with E-state index in [1.54, 1.807) is 17.6 Å². The number of hydrogen-bond donors (Lipinski definition) is 1. The van der Waals surface area contributed by atoms with Crippen LogP contribution in [0.15, 0.2) is 47.1 Å². The Kier molecular flexibility index (Phi) is 4.13. The highest BCUT2D eigenvalue weighted by Gasteiger charge is 2.18. The van der Waals surface area contributed by atoms with Crippen molar-refractivity contribution in [3.8, 4) is 10.6 Å². The van der Waals surface area contributed by atoms with Gasteiger partial charge in [-0.25, -0.2) is 0 Å². The molecule has 5 heteroatoms. The molecular formula is C16H17N3OS. The smallest absolute Gasteiger partial charge is 0.151 e. The minimum Gasteiger partial charge on any atom is -0.469 e. The van der Waals surface area contributed by atoms with Crippen molar-refractivity contribution in [2.45, 2.75) is 19.9 Å². The number of hydrogen-bond acceptors (Lipinski definition) is 5. The molecule has 0 fully saturated rings. The Labute approximate surface area is 127 Å². The Hall–Kier alpha value is -1.98. The molecule has 0 aliphatic heterocycles. The second kappa shape index (κ2) is 6.20. The largest absolute Gasteiger partial charge is 0.469 e. The highest BCUT2D eigenvalue weighted by atomic mass is 32.1. The molecule has 0 amide bonds. The molecule has 3 rings (SSSR count). The monoisotopic (exact) mass is 299 g/mol. The van der Waals surface area contributed by atoms with E-state index in [1.807, 2.05) is 31.2 Å². The summed E-state index contributed by atoms with van der Waals surface area (Å²) in [5, 5.41) is 14.0. The quantitative estimate of drug-likeness (QED) is 0.778. The van der Waals surface area contributed by atoms with E-state index in [1.165, 1.54) is 5.56 Å². The second-order valence-corrected chi connectivity index (χ2v) is 5.80. The van der Waals surface area contributed by atoms with E-state index in [4.69, 9.17) is 4.42 Å². The van der Waals surface area contributed by atoms with Gasteiger partial charge in [0.25, 0.3) is 0 Å². The second-order valence-electron chi connectivity index (χ2n) is 4.79. The summed E-state index contributed by atoms with van der Waals surface area (Å²) in [6, 6.07) is 12.4. The van der Waals surface area contributed by atoms with E-state index < -0.39 is 0 Å². The molecule has 2 heterocycles. The number of furan rings is 1. The van der Waals surface area contributed by atoms with Crippen molar-refractivity contribution in [3.05, 3.63) is 59.0 Å². The fourth-order valence-corrected chi connectivity index (χ4v) is 3.14. The van der Waals surface area contributed by atoms with Crippen molar-refractivity contribution < 1.29 is 4.42 Å². The molecule has 0 spiro atoms. The Morgan fingerprint density at radius 3 is 2.71 bits per heavy atom. The van der Waals surface area contributed by atoms with Gasteiger partial charge in [0.1, 0.15) is 17.0 Å². The van der Waals surface area contributed by atoms with Crippen molar-refractivity contribution in [2.75, 3.05) is 6.54 Å². The molecule has 0 radical (unpaired) electrons. The number of nitrogens with one attached hydrogen (secondary N) is 1. The van der Waals surface area contributed by atoms with E-state index >= 15 is 0 Å². The van der Waals surface area contributed by atoms with Crippen molar-refractivity contribution >= 4 is 11.3 Å². The van der Waals surface area contributed by atoms with Crippen LogP contribution in [-0.2, 0) is 0 Å². The first-order valence-corrected chi connectivity index (χ1v) is 7.77. The van der Waals surface area contributed by atoms with Gasteiger partial charge < -0.3 is 9.73 Å². The minimum absolute atomic E-state index is 0.0791. The van der Waals surface area contributed by atoms with Crippen LogP contribution in [0.2, 0.25) is 0 Å². The molecular weight excluding hydrogens is 282 g/mol. The van der Waals surface area contributed by atoms with Crippen LogP contribution in [0, 0.1) is 6.92 Å². The summed E-state index contributed by atoms with van der Waals surface area (Å²) in [4.78, 5) is 0. The maximum Gasteiger partial charge on any atom is 0.151 e. The number of rotatable bonds is 5. The Morgan fingerprint density at radius 1 is 1.24 bits per heavy atom. The Balaban J connectivity index is 1.92. The summed E-state index contributed by atoms with van der Waals surface area (Å²) < 4.78 is 5.34. The van der Waals surface area contributed by atoms with Crippen LogP contribution >= 0.6 is 11.3 Å². The zero-order chi connectivity index (χ0) is 14.7. The van der Waals surface area contributed by atoms with Crippen molar-refractivity contribution in [2.24, 2.45) is 0 Å². The topological polar surface area (TPSA) is 51.0 Å². The van der Waals surface area contributed by atoms with Gasteiger partial charge >= 0.3 is 0 Å². The molecule has 1 aromatic carbocycles. The molecule has 1 unspecified atom stereocenters. The van der Waals surface area contributed by atoms with Gasteiger partial charge in [-0.05, 0) is 25.1 Å². The maximum absolute atomic E-state index is 5.34. The van der Waals surface area contributed by atoms with Gasteiger partial charge in [0.2, 0.25) is 0 Å². The van der Waals surface area contributed by atoms with E-state index in [-0.39, 0.29) is 6.04 Å². The third-order valence-corrected chi connectivity index (χ3v) is 4.24. The van der Waals surface area contributed by atoms with E-state index in [9.17, 15) is 0 Å². The molecule has 21 heavy (non-hydrogen) atoms. The van der Waals surface area contributed by atoms with Crippen LogP contribution < -0.4 is 5.32 Å². The standard InChI is InChI=1S/C16H17N3OS/c1-3-17-14(12-7-5-4-6-8-12)16-19-18-15(21-16)13-9-11(2)20-10-13/h4-10,14,17H,3H2,1-2H3. The van der Waals surface area contributed by atoms with Gasteiger partial charge in [-0.3, -0.25) is 0 Å². The zero-order valence-corrected chi connectivity index (χ0v) is 12.9. The Bertz CT molecular complexity index is 705. The molecule has 0 aliphatic rings. The van der Waals surface area contributed by atoms with Gasteiger partial charge in [0.05, 0.1) is 11.6 Å². The summed E-state index contributed by atoms with van der Waals surface area (Å²) in [5.74, 6) is 0.882. The van der Waals surface area contributed by atoms with Crippen molar-refractivity contribution in [1.29, 1.82) is 0 Å². The van der Waals surface area contributed by atoms with Gasteiger partial charge in [0, 0.05) is 0 Å². The summed E-state index contributed by atoms with van der Waals surface area (Å²) in [6.07, 6.45) is 1.73. The number of benzene rings is 1. The molecule has 108 valence electrons. The molecule has 0 aliphatic carbocycles. The third kappa shape index (κ3) is 3.04. The highest BCUT2D eigenvalue weighted by molar-refractivity contribution is 7.14. The van der Waals surface area contributed by atoms with Gasteiger partial charge in [0.15, 0.2) is 5.01 Å². The minimum atomic E-state index is 0.0791. The lowest BCUT2D eigenvalue weighted by atomic mass is 10.1. The van der Waals surface area contributed by atoms with Gasteiger partial charge in [-0.2, -0.15) is 0 Å². The average Bonchev–Trinajstić information content (AvgIpc) is 3.14. The molecule has 4 nitrogen and oxygen atoms in total. The predicted molar refractivity (Wildman–Crippen MR) is 84.3 cm³/mol. The van der Waals surface area contributed by atoms with Crippen molar-refractivity contribution in [1.82, 2.24) is 15.5 Å². The lowest BCUT2D eigenvalue weighted by Gasteiger charge is -2.14. The van der Waals surface area contributed by atoms with Crippen LogP contribution in [0.1, 0.15) is 29.3 Å². The van der Waals surface area contributed by atoms with Crippen LogP contribution in [0.3, 0.4) is 0 Å². The molecule has 2 aromatic heterocycles. The van der Waals surface area contributed by atoms with Crippen LogP contribution in [0.25, 0.3) is 10.6 Å². The number of aryl methyl sites for hydroxylation is 1. The summed E-state index contributed by atoms with van der Waals surface area (Å²) >= 11 is 1.60. The lowest BCUT2D eigenvalue weighted by molar-refractivity contribution is 0.535. The lowest BCUT2D eigenvalue weighted by Crippen LogP contribution is -2.21. The summed E-state index contributed by atoms with van der Waals surface area (Å²) in [7, 11) is 0. The predicted octanol–water partition coefficient (Wildman–Crippen LogP) is 3.81. The normalized spacial score (nSPS) is 12.5. The zero-order valence-electron chi connectivity index (χ0n) is 12.0. The SMILES string of the molecule is CCNC(c1ccccc1)c1nnc(-c2coc(C)c2)s1. The van der Waals surface area contributed by atoms with Gasteiger partial charge in [-0.1, -0.05) is 48.6 Å². The molecule has 0 saturated heterocycles. The van der Waals surface area contributed by atoms with Crippen LogP contribution in [-0.4, -0.2) is 16.7 Å². The molecule has 0 bridgehead atoms. The Morgan fingerprint density at radius 2 is 2.05 bits per heavy atom. The van der Waals surface area contributed by atoms with Crippen molar-refractivity contribution in [3.63, 3.8) is 0 Å². The van der Waals surface area contributed by atoms with E-state index in [2.05, 4.69) is 34.6 Å². The van der Waals surface area contributed by atoms with E-state index in [0.717, 1.165) is 27.9 Å². The maximum atomic E-state index is 5.34. The number of nitrogens with zero attached hydrogens (tertiary/aromatic N) is 2. The fraction of sp³-hybridized carbons (Fsp3) is 0.250. The summed E-state index contributed by atoms with van der Waals surface area (Å²) in [6.45, 7) is 4.90. The highest BCUT2D eigenvalue weighted by Crippen LogP contribution is 2.30. The first kappa shape index (κ1) is 14.0. The average molecular weight is 299 g/mol. The molecule has 1 N–H and O–H groups in total. The first-order chi connectivity index (χ1) is 10.3. The van der Waals surface area contributed by atoms with Crippen LogP contribution in [0.4, 0.5) is 0 Å². The first-order valence-electron chi connectivity index (χ1n) is 6.95. The summed E-state index contributed by atoms with van der Waals surface area (Å²) in [5.41, 5.74) is 2.19. The molecule has 3 aromatic rings. The fourth-order valence-electron chi connectivity index (χ4n) is 2.22. The molecule has 0 saturated carbocycles. The van der Waals surface area contributed by atoms with Gasteiger partial charge in [-0.15, -0.1) is 10.2 Å². The van der Waals surface area contributed by atoms with Crippen LogP contribution in [0.5, 0.6) is 0 Å². The number of aromatic nitrogens is 2.